The molecule has 3 fully saturated rings. The van der Waals surface area contributed by atoms with E-state index in [1.165, 1.54) is 0 Å². The van der Waals surface area contributed by atoms with Gasteiger partial charge in [0.2, 0.25) is 5.91 Å². The number of carboxylic acid groups (broad SMARTS) is 1. The number of hydrogen-bond donors (Lipinski definition) is 1. The van der Waals surface area contributed by atoms with Crippen LogP contribution in [0.4, 0.5) is 0 Å². The Labute approximate surface area is 182 Å². The third-order valence-electron chi connectivity index (χ3n) is 6.64. The Kier molecular flexibility index (Phi) is 5.79. The number of carboxylic acids is 1. The van der Waals surface area contributed by atoms with Gasteiger partial charge >= 0.3 is 5.97 Å². The highest BCUT2D eigenvalue weighted by Crippen LogP contribution is 2.37. The fraction of sp³-hybridized carbons (Fsp3) is 0.609. The third kappa shape index (κ3) is 4.45. The number of likely N-dealkylation sites (tertiary alicyclic amines) is 1. The van der Waals surface area contributed by atoms with Crippen LogP contribution in [0.15, 0.2) is 30.3 Å². The molecule has 1 aromatic carbocycles. The number of aliphatic carboxylic acids is 1. The number of carbonyl (C=O) groups excluding carboxylic acids is 2. The van der Waals surface area contributed by atoms with Gasteiger partial charge in [0.05, 0.1) is 31.2 Å². The van der Waals surface area contributed by atoms with Gasteiger partial charge in [-0.3, -0.25) is 19.3 Å². The van der Waals surface area contributed by atoms with E-state index in [0.29, 0.717) is 45.0 Å². The van der Waals surface area contributed by atoms with E-state index in [-0.39, 0.29) is 36.2 Å². The number of benzene rings is 1. The number of rotatable bonds is 5. The average Bonchev–Trinajstić information content (AvgIpc) is 2.69. The van der Waals surface area contributed by atoms with Crippen LogP contribution in [0, 0.1) is 5.41 Å². The topological polar surface area (TPSA) is 90.4 Å². The Morgan fingerprint density at radius 2 is 1.77 bits per heavy atom. The molecule has 0 saturated carbocycles. The number of morpholine rings is 1. The zero-order valence-electron chi connectivity index (χ0n) is 18.2. The van der Waals surface area contributed by atoms with Crippen LogP contribution in [0.25, 0.3) is 0 Å². The second kappa shape index (κ2) is 8.24. The van der Waals surface area contributed by atoms with Gasteiger partial charge in [-0.1, -0.05) is 32.0 Å². The van der Waals surface area contributed by atoms with Gasteiger partial charge in [0.1, 0.15) is 0 Å². The Balaban J connectivity index is 1.47. The van der Waals surface area contributed by atoms with Gasteiger partial charge in [-0.25, -0.2) is 0 Å². The molecule has 1 spiro atoms. The number of hydrogen-bond acceptors (Lipinski definition) is 5. The van der Waals surface area contributed by atoms with E-state index in [4.69, 9.17) is 9.84 Å². The molecule has 3 aliphatic heterocycles. The fourth-order valence-corrected chi connectivity index (χ4v) is 5.23. The van der Waals surface area contributed by atoms with Crippen LogP contribution >= 0.6 is 0 Å². The number of ether oxygens (including phenoxy) is 1. The summed E-state index contributed by atoms with van der Waals surface area (Å²) in [4.78, 5) is 43.2. The van der Waals surface area contributed by atoms with E-state index in [0.717, 1.165) is 6.54 Å². The van der Waals surface area contributed by atoms with E-state index in [2.05, 4.69) is 4.90 Å². The molecule has 8 heteroatoms. The lowest BCUT2D eigenvalue weighted by molar-refractivity contribution is -0.174. The standard InChI is InChI=1S/C23H31N3O5/c1-22(2,11-20(28)29)10-19(27)25-15-23(16-25)14-24(12-18-13-31-9-8-26(18)23)21(30)17-6-4-3-5-7-17/h3-7,18H,8-16H2,1-2H3,(H,28,29)/t18-/m1/s1. The number of nitrogens with zero attached hydrogens (tertiary/aromatic N) is 3. The summed E-state index contributed by atoms with van der Waals surface area (Å²) in [5.41, 5.74) is -0.177. The fourth-order valence-electron chi connectivity index (χ4n) is 5.23. The van der Waals surface area contributed by atoms with Crippen LogP contribution in [0.5, 0.6) is 0 Å². The molecule has 3 heterocycles. The first kappa shape index (κ1) is 21.8. The minimum absolute atomic E-state index is 0.0116. The predicted molar refractivity (Wildman–Crippen MR) is 114 cm³/mol. The van der Waals surface area contributed by atoms with Crippen molar-refractivity contribution < 1.29 is 24.2 Å². The maximum Gasteiger partial charge on any atom is 0.303 e. The van der Waals surface area contributed by atoms with Crippen molar-refractivity contribution in [1.29, 1.82) is 0 Å². The number of carbonyl (C=O) groups is 3. The molecule has 0 aromatic heterocycles. The molecule has 1 atom stereocenters. The summed E-state index contributed by atoms with van der Waals surface area (Å²) < 4.78 is 5.70. The average molecular weight is 430 g/mol. The van der Waals surface area contributed by atoms with Gasteiger partial charge < -0.3 is 19.6 Å². The number of piperazine rings is 1. The molecule has 0 bridgehead atoms. The summed E-state index contributed by atoms with van der Waals surface area (Å²) in [7, 11) is 0. The molecular formula is C23H31N3O5. The maximum atomic E-state index is 13.1. The molecule has 0 unspecified atom stereocenters. The van der Waals surface area contributed by atoms with Crippen molar-refractivity contribution in [2.45, 2.75) is 38.3 Å². The first-order valence-corrected chi connectivity index (χ1v) is 10.9. The van der Waals surface area contributed by atoms with Gasteiger partial charge in [-0.15, -0.1) is 0 Å². The van der Waals surface area contributed by atoms with Gasteiger partial charge in [0.25, 0.3) is 5.91 Å². The summed E-state index contributed by atoms with van der Waals surface area (Å²) in [5.74, 6) is -0.901. The molecule has 2 amide bonds. The molecule has 3 aliphatic rings. The zero-order chi connectivity index (χ0) is 22.2. The third-order valence-corrected chi connectivity index (χ3v) is 6.64. The van der Waals surface area contributed by atoms with Gasteiger partial charge in [-0.05, 0) is 17.5 Å². The molecule has 168 valence electrons. The zero-order valence-corrected chi connectivity index (χ0v) is 18.2. The molecule has 4 rings (SSSR count). The SMILES string of the molecule is CC(C)(CC(=O)O)CC(=O)N1CC2(C1)CN(C(=O)c1ccccc1)C[C@@H]1COCCN12. The summed E-state index contributed by atoms with van der Waals surface area (Å²) in [6.07, 6.45) is 0.164. The molecule has 1 aromatic rings. The minimum Gasteiger partial charge on any atom is -0.481 e. The number of fused-ring (bicyclic) bond motifs is 2. The summed E-state index contributed by atoms with van der Waals surface area (Å²) >= 11 is 0. The summed E-state index contributed by atoms with van der Waals surface area (Å²) in [6.45, 7) is 7.98. The molecule has 8 nitrogen and oxygen atoms in total. The second-order valence-corrected chi connectivity index (χ2v) is 9.86. The summed E-state index contributed by atoms with van der Waals surface area (Å²) in [6, 6.07) is 9.42. The minimum atomic E-state index is -0.892. The lowest BCUT2D eigenvalue weighted by Gasteiger charge is -2.63. The van der Waals surface area contributed by atoms with E-state index in [9.17, 15) is 14.4 Å². The maximum absolute atomic E-state index is 13.1. The van der Waals surface area contributed by atoms with E-state index in [1.807, 2.05) is 54.0 Å². The first-order valence-electron chi connectivity index (χ1n) is 10.9. The van der Waals surface area contributed by atoms with Crippen molar-refractivity contribution in [1.82, 2.24) is 14.7 Å². The summed E-state index contributed by atoms with van der Waals surface area (Å²) in [5, 5.41) is 9.09. The smallest absolute Gasteiger partial charge is 0.303 e. The lowest BCUT2D eigenvalue weighted by Crippen LogP contribution is -2.81. The second-order valence-electron chi connectivity index (χ2n) is 9.86. The quantitative estimate of drug-likeness (QED) is 0.759. The monoisotopic (exact) mass is 429 g/mol. The Bertz CT molecular complexity index is 850. The van der Waals surface area contributed by atoms with Crippen molar-refractivity contribution in [2.75, 3.05) is 45.9 Å². The molecule has 0 radical (unpaired) electrons. The van der Waals surface area contributed by atoms with Crippen molar-refractivity contribution in [2.24, 2.45) is 5.41 Å². The Morgan fingerprint density at radius 3 is 2.45 bits per heavy atom. The highest BCUT2D eigenvalue weighted by molar-refractivity contribution is 5.94. The molecule has 3 saturated heterocycles. The lowest BCUT2D eigenvalue weighted by atomic mass is 9.80. The highest BCUT2D eigenvalue weighted by atomic mass is 16.5. The molecule has 1 N–H and O–H groups in total. The normalized spacial score (nSPS) is 23.2. The molecular weight excluding hydrogens is 398 g/mol. The van der Waals surface area contributed by atoms with E-state index in [1.54, 1.807) is 0 Å². The Morgan fingerprint density at radius 1 is 1.10 bits per heavy atom. The molecule has 31 heavy (non-hydrogen) atoms. The molecule has 0 aliphatic carbocycles. The van der Waals surface area contributed by atoms with Gasteiger partial charge in [0.15, 0.2) is 0 Å². The van der Waals surface area contributed by atoms with Crippen LogP contribution in [0.3, 0.4) is 0 Å². The van der Waals surface area contributed by atoms with E-state index >= 15 is 0 Å². The number of amides is 2. The van der Waals surface area contributed by atoms with Crippen LogP contribution < -0.4 is 0 Å². The Hall–Kier alpha value is -2.45. The van der Waals surface area contributed by atoms with Crippen LogP contribution in [0.1, 0.15) is 37.0 Å². The highest BCUT2D eigenvalue weighted by Gasteiger charge is 2.56. The van der Waals surface area contributed by atoms with Gasteiger partial charge in [-0.2, -0.15) is 0 Å². The van der Waals surface area contributed by atoms with E-state index < -0.39 is 11.4 Å². The van der Waals surface area contributed by atoms with Crippen LogP contribution in [-0.4, -0.2) is 95.1 Å². The largest absolute Gasteiger partial charge is 0.481 e. The van der Waals surface area contributed by atoms with Crippen molar-refractivity contribution >= 4 is 17.8 Å². The van der Waals surface area contributed by atoms with Crippen molar-refractivity contribution in [3.63, 3.8) is 0 Å². The van der Waals surface area contributed by atoms with Crippen molar-refractivity contribution in [3.05, 3.63) is 35.9 Å². The van der Waals surface area contributed by atoms with Gasteiger partial charge in [0, 0.05) is 44.7 Å². The van der Waals surface area contributed by atoms with Crippen LogP contribution in [-0.2, 0) is 14.3 Å². The van der Waals surface area contributed by atoms with Crippen molar-refractivity contribution in [3.8, 4) is 0 Å². The first-order chi connectivity index (χ1) is 14.7. The van der Waals surface area contributed by atoms with Crippen LogP contribution in [0.2, 0.25) is 0 Å². The predicted octanol–water partition coefficient (Wildman–Crippen LogP) is 1.32.